The van der Waals surface area contributed by atoms with Gasteiger partial charge in [0.15, 0.2) is 0 Å². The van der Waals surface area contributed by atoms with Crippen molar-refractivity contribution in [2.45, 2.75) is 77.0 Å². The molecule has 1 N–H and O–H groups in total. The van der Waals surface area contributed by atoms with Gasteiger partial charge in [-0.15, -0.1) is 0 Å². The van der Waals surface area contributed by atoms with Gasteiger partial charge in [0, 0.05) is 6.42 Å². The Bertz CT molecular complexity index is 362. The summed E-state index contributed by atoms with van der Waals surface area (Å²) in [6.45, 7) is 2.32. The van der Waals surface area contributed by atoms with Crippen molar-refractivity contribution in [3.05, 3.63) is 0 Å². The van der Waals surface area contributed by atoms with Crippen LogP contribution in [0.15, 0.2) is 0 Å². The molecule has 0 aromatic carbocycles. The predicted molar refractivity (Wildman–Crippen MR) is 71.1 cm³/mol. The van der Waals surface area contributed by atoms with E-state index in [0.29, 0.717) is 23.7 Å². The normalized spacial score (nSPS) is 44.9. The molecule has 116 valence electrons. The van der Waals surface area contributed by atoms with E-state index in [1.54, 1.807) is 0 Å². The van der Waals surface area contributed by atoms with Crippen molar-refractivity contribution in [2.75, 3.05) is 0 Å². The van der Waals surface area contributed by atoms with Crippen molar-refractivity contribution in [1.82, 2.24) is 0 Å². The van der Waals surface area contributed by atoms with Gasteiger partial charge in [-0.05, 0) is 74.0 Å². The Morgan fingerprint density at radius 1 is 1.15 bits per heavy atom. The lowest BCUT2D eigenvalue weighted by atomic mass is 9.43. The number of hydrogen-bond acceptors (Lipinski definition) is 1. The molecule has 0 amide bonds. The lowest BCUT2D eigenvalue weighted by Gasteiger charge is -2.62. The van der Waals surface area contributed by atoms with Crippen LogP contribution in [-0.4, -0.2) is 17.4 Å². The van der Waals surface area contributed by atoms with Crippen molar-refractivity contribution in [3.8, 4) is 0 Å². The van der Waals surface area contributed by atoms with E-state index >= 15 is 0 Å². The first-order valence-electron chi connectivity index (χ1n) is 7.95. The summed E-state index contributed by atoms with van der Waals surface area (Å²) < 4.78 is 36.7. The topological polar surface area (TPSA) is 20.2 Å². The third-order valence-corrected chi connectivity index (χ3v) is 6.04. The minimum atomic E-state index is -4.09. The van der Waals surface area contributed by atoms with Crippen LogP contribution in [0.4, 0.5) is 13.2 Å². The Labute approximate surface area is 118 Å². The zero-order valence-electron chi connectivity index (χ0n) is 12.2. The molecule has 0 radical (unpaired) electrons. The number of aliphatic hydroxyl groups excluding tert-OH is 1. The van der Waals surface area contributed by atoms with Gasteiger partial charge >= 0.3 is 6.18 Å². The third-order valence-electron chi connectivity index (χ3n) is 6.04. The van der Waals surface area contributed by atoms with E-state index in [-0.39, 0.29) is 11.8 Å². The highest BCUT2D eigenvalue weighted by Gasteiger charge is 2.57. The molecule has 4 aliphatic rings. The molecule has 4 bridgehead atoms. The van der Waals surface area contributed by atoms with Gasteiger partial charge in [0.1, 0.15) is 0 Å². The van der Waals surface area contributed by atoms with E-state index in [9.17, 15) is 18.3 Å². The first-order valence-corrected chi connectivity index (χ1v) is 7.95. The fraction of sp³-hybridized carbons (Fsp3) is 1.00. The second-order valence-corrected chi connectivity index (χ2v) is 8.16. The maximum absolute atomic E-state index is 12.2. The van der Waals surface area contributed by atoms with Gasteiger partial charge in [0.2, 0.25) is 0 Å². The minimum Gasteiger partial charge on any atom is -0.393 e. The summed E-state index contributed by atoms with van der Waals surface area (Å²) in [4.78, 5) is 0. The Morgan fingerprint density at radius 2 is 1.75 bits per heavy atom. The van der Waals surface area contributed by atoms with Crippen molar-refractivity contribution < 1.29 is 18.3 Å². The van der Waals surface area contributed by atoms with E-state index in [2.05, 4.69) is 6.92 Å². The predicted octanol–water partition coefficient (Wildman–Crippen LogP) is 4.69. The van der Waals surface area contributed by atoms with Gasteiger partial charge in [-0.1, -0.05) is 6.92 Å². The van der Waals surface area contributed by atoms with Crippen molar-refractivity contribution >= 4 is 0 Å². The van der Waals surface area contributed by atoms with Crippen LogP contribution < -0.4 is 0 Å². The molecule has 4 rings (SSSR count). The standard InChI is InChI=1S/C16H25F3O/c1-14-6-11-5-12(7-14)9-15(8-11,10-14)13(20)3-2-4-16(17,18)19/h11-13,20H,2-10H2,1H3. The Hall–Kier alpha value is -0.250. The molecule has 3 unspecified atom stereocenters. The Kier molecular flexibility index (Phi) is 3.39. The van der Waals surface area contributed by atoms with E-state index in [0.717, 1.165) is 19.3 Å². The highest BCUT2D eigenvalue weighted by atomic mass is 19.4. The molecular formula is C16H25F3O. The fourth-order valence-electron chi connectivity index (χ4n) is 5.99. The van der Waals surface area contributed by atoms with Crippen LogP contribution in [0.1, 0.15) is 64.7 Å². The molecule has 0 spiro atoms. The van der Waals surface area contributed by atoms with Crippen molar-refractivity contribution in [2.24, 2.45) is 22.7 Å². The summed E-state index contributed by atoms with van der Waals surface area (Å²) in [5.41, 5.74) is 0.277. The number of alkyl halides is 3. The first-order chi connectivity index (χ1) is 9.20. The lowest BCUT2D eigenvalue weighted by Crippen LogP contribution is -2.55. The summed E-state index contributed by atoms with van der Waals surface area (Å²) in [5, 5.41) is 10.6. The van der Waals surface area contributed by atoms with Gasteiger partial charge in [-0.2, -0.15) is 13.2 Å². The van der Waals surface area contributed by atoms with Crippen LogP contribution in [0.3, 0.4) is 0 Å². The Morgan fingerprint density at radius 3 is 2.25 bits per heavy atom. The molecule has 0 aromatic rings. The highest BCUT2D eigenvalue weighted by Crippen LogP contribution is 2.66. The molecule has 0 aliphatic heterocycles. The maximum atomic E-state index is 12.2. The van der Waals surface area contributed by atoms with Gasteiger partial charge in [-0.25, -0.2) is 0 Å². The maximum Gasteiger partial charge on any atom is 0.389 e. The Balaban J connectivity index is 1.64. The average Bonchev–Trinajstić information content (AvgIpc) is 2.23. The first kappa shape index (κ1) is 14.7. The van der Waals surface area contributed by atoms with Crippen LogP contribution in [0.2, 0.25) is 0 Å². The van der Waals surface area contributed by atoms with Crippen LogP contribution in [0.25, 0.3) is 0 Å². The molecule has 1 nitrogen and oxygen atoms in total. The monoisotopic (exact) mass is 290 g/mol. The number of halogens is 3. The summed E-state index contributed by atoms with van der Waals surface area (Å²) in [6.07, 6.45) is 1.94. The van der Waals surface area contributed by atoms with Gasteiger partial charge in [0.25, 0.3) is 0 Å². The average molecular weight is 290 g/mol. The smallest absolute Gasteiger partial charge is 0.389 e. The quantitative estimate of drug-likeness (QED) is 0.796. The van der Waals surface area contributed by atoms with E-state index < -0.39 is 18.7 Å². The largest absolute Gasteiger partial charge is 0.393 e. The number of hydrogen-bond donors (Lipinski definition) is 1. The molecule has 20 heavy (non-hydrogen) atoms. The second kappa shape index (κ2) is 4.62. The second-order valence-electron chi connectivity index (χ2n) is 8.16. The summed E-state index contributed by atoms with van der Waals surface area (Å²) in [6, 6.07) is 0. The van der Waals surface area contributed by atoms with Gasteiger partial charge in [-0.3, -0.25) is 0 Å². The number of rotatable bonds is 4. The zero-order valence-corrected chi connectivity index (χ0v) is 12.2. The third kappa shape index (κ3) is 2.72. The SMILES string of the molecule is CC12CC3CC(C1)CC(C(O)CCCC(F)(F)F)(C3)C2. The van der Waals surface area contributed by atoms with E-state index in [1.165, 1.54) is 19.3 Å². The molecule has 4 fully saturated rings. The summed E-state index contributed by atoms with van der Waals surface area (Å²) in [5.74, 6) is 1.41. The molecule has 4 saturated carbocycles. The van der Waals surface area contributed by atoms with E-state index in [4.69, 9.17) is 0 Å². The zero-order chi connectivity index (χ0) is 14.6. The molecule has 4 aliphatic carbocycles. The number of aliphatic hydroxyl groups is 1. The molecule has 0 saturated heterocycles. The lowest BCUT2D eigenvalue weighted by molar-refractivity contribution is -0.160. The minimum absolute atomic E-state index is 0.0650. The molecule has 0 aromatic heterocycles. The van der Waals surface area contributed by atoms with Crippen LogP contribution in [-0.2, 0) is 0 Å². The molecule has 0 heterocycles. The molecule has 3 atom stereocenters. The van der Waals surface area contributed by atoms with Gasteiger partial charge in [0.05, 0.1) is 6.10 Å². The summed E-state index contributed by atoms with van der Waals surface area (Å²) in [7, 11) is 0. The van der Waals surface area contributed by atoms with Gasteiger partial charge < -0.3 is 5.11 Å². The highest BCUT2D eigenvalue weighted by molar-refractivity contribution is 5.08. The van der Waals surface area contributed by atoms with Crippen LogP contribution >= 0.6 is 0 Å². The van der Waals surface area contributed by atoms with Crippen LogP contribution in [0, 0.1) is 22.7 Å². The summed E-state index contributed by atoms with van der Waals surface area (Å²) >= 11 is 0. The molecule has 4 heteroatoms. The van der Waals surface area contributed by atoms with Crippen molar-refractivity contribution in [3.63, 3.8) is 0 Å². The fourth-order valence-corrected chi connectivity index (χ4v) is 5.99. The van der Waals surface area contributed by atoms with Crippen LogP contribution in [0.5, 0.6) is 0 Å². The van der Waals surface area contributed by atoms with E-state index in [1.807, 2.05) is 0 Å². The molecular weight excluding hydrogens is 265 g/mol. The van der Waals surface area contributed by atoms with Crippen molar-refractivity contribution in [1.29, 1.82) is 0 Å².